The summed E-state index contributed by atoms with van der Waals surface area (Å²) in [4.78, 5) is 30.5. The first-order valence-electron chi connectivity index (χ1n) is 15.7. The first kappa shape index (κ1) is 33.9. The smallest absolute Gasteiger partial charge is 0.335 e. The van der Waals surface area contributed by atoms with E-state index >= 15 is 0 Å². The molecule has 0 aliphatic carbocycles. The van der Waals surface area contributed by atoms with Crippen LogP contribution in [0.3, 0.4) is 0 Å². The third-order valence-corrected chi connectivity index (χ3v) is 10.5. The Morgan fingerprint density at radius 1 is 0.979 bits per heavy atom. The first-order valence-corrected chi connectivity index (χ1v) is 17.7. The molecule has 9 nitrogen and oxygen atoms in total. The van der Waals surface area contributed by atoms with Gasteiger partial charge >= 0.3 is 5.97 Å². The van der Waals surface area contributed by atoms with Crippen molar-refractivity contribution < 1.29 is 33.6 Å². The highest BCUT2D eigenvalue weighted by atomic mass is 32.2. The van der Waals surface area contributed by atoms with Crippen LogP contribution in [-0.2, 0) is 9.53 Å². The number of thioether (sulfide) groups is 1. The fourth-order valence-electron chi connectivity index (χ4n) is 5.61. The molecule has 2 aliphatic heterocycles. The van der Waals surface area contributed by atoms with Gasteiger partial charge in [-0.05, 0) is 84.5 Å². The third-order valence-electron chi connectivity index (χ3n) is 8.09. The molecule has 1 aromatic heterocycles. The van der Waals surface area contributed by atoms with E-state index in [1.807, 2.05) is 18.2 Å². The van der Waals surface area contributed by atoms with Gasteiger partial charge in [0.25, 0.3) is 5.91 Å². The quantitative estimate of drug-likeness (QED) is 0.0894. The van der Waals surface area contributed by atoms with Gasteiger partial charge in [-0.3, -0.25) is 14.6 Å². The Balaban J connectivity index is 1.15. The van der Waals surface area contributed by atoms with Crippen LogP contribution in [0.15, 0.2) is 65.6 Å². The molecule has 2 saturated heterocycles. The summed E-state index contributed by atoms with van der Waals surface area (Å²) in [7, 11) is 1.46. The Bertz CT molecular complexity index is 1870. The van der Waals surface area contributed by atoms with Crippen LogP contribution >= 0.6 is 35.3 Å². The number of amides is 1. The van der Waals surface area contributed by atoms with Gasteiger partial charge in [-0.15, -0.1) is 11.3 Å². The maximum atomic E-state index is 13.4. The number of carboxylic acids is 1. The van der Waals surface area contributed by atoms with Crippen LogP contribution in [0.1, 0.15) is 27.2 Å². The number of rotatable bonds is 13. The zero-order chi connectivity index (χ0) is 33.6. The lowest BCUT2D eigenvalue weighted by atomic mass is 10.0. The van der Waals surface area contributed by atoms with Gasteiger partial charge < -0.3 is 24.1 Å². The Morgan fingerprint density at radius 3 is 2.56 bits per heavy atom. The molecule has 0 unspecified atom stereocenters. The van der Waals surface area contributed by atoms with E-state index in [1.54, 1.807) is 22.3 Å². The minimum atomic E-state index is -1.04. The Labute approximate surface area is 293 Å². The summed E-state index contributed by atoms with van der Waals surface area (Å²) in [6, 6.07) is 19.2. The molecule has 4 aromatic rings. The summed E-state index contributed by atoms with van der Waals surface area (Å²) >= 11 is 8.65. The van der Waals surface area contributed by atoms with Crippen molar-refractivity contribution in [1.29, 1.82) is 0 Å². The van der Waals surface area contributed by atoms with Crippen molar-refractivity contribution >= 4 is 67.7 Å². The Kier molecular flexibility index (Phi) is 11.0. The topological polar surface area (TPSA) is 97.8 Å². The van der Waals surface area contributed by atoms with Gasteiger partial charge in [0, 0.05) is 41.3 Å². The van der Waals surface area contributed by atoms with Crippen molar-refractivity contribution in [3.8, 4) is 28.4 Å². The normalized spacial score (nSPS) is 16.2. The van der Waals surface area contributed by atoms with Crippen LogP contribution in [0.2, 0.25) is 0 Å². The highest BCUT2D eigenvalue weighted by Gasteiger charge is 2.31. The monoisotopic (exact) mass is 704 g/mol. The SMILES string of the molecule is COc1cc(C(=O)O)ccc1OCCCN1C(=O)/C(=C/c2ccc(OCCN3CCOCC3)c(-c3ccc4sc(C)cc4c3)c2)SC1=S. The molecule has 1 amide bonds. The van der Waals surface area contributed by atoms with Gasteiger partial charge in [0.05, 0.1) is 37.4 Å². The molecule has 2 fully saturated rings. The Hall–Kier alpha value is -3.94. The van der Waals surface area contributed by atoms with Crippen molar-refractivity contribution in [2.45, 2.75) is 13.3 Å². The summed E-state index contributed by atoms with van der Waals surface area (Å²) in [5.74, 6) is 0.383. The van der Waals surface area contributed by atoms with Gasteiger partial charge in [0.1, 0.15) is 16.7 Å². The number of ether oxygens (including phenoxy) is 4. The molecule has 0 saturated carbocycles. The van der Waals surface area contributed by atoms with Crippen LogP contribution in [-0.4, -0.2) is 90.8 Å². The predicted octanol–water partition coefficient (Wildman–Crippen LogP) is 6.96. The van der Waals surface area contributed by atoms with E-state index < -0.39 is 5.97 Å². The molecule has 2 aliphatic rings. The van der Waals surface area contributed by atoms with E-state index in [4.69, 9.17) is 31.2 Å². The molecule has 3 heterocycles. The third kappa shape index (κ3) is 8.01. The van der Waals surface area contributed by atoms with E-state index in [0.717, 1.165) is 55.3 Å². The number of thiophene rings is 1. The zero-order valence-corrected chi connectivity index (χ0v) is 29.2. The summed E-state index contributed by atoms with van der Waals surface area (Å²) < 4.78 is 24.7. The van der Waals surface area contributed by atoms with E-state index in [1.165, 1.54) is 46.0 Å². The molecule has 0 atom stereocenters. The number of hydrogen-bond donors (Lipinski definition) is 1. The number of thiocarbonyl (C=S) groups is 1. The second kappa shape index (κ2) is 15.5. The van der Waals surface area contributed by atoms with E-state index in [2.05, 4.69) is 42.2 Å². The predicted molar refractivity (Wildman–Crippen MR) is 195 cm³/mol. The second-order valence-electron chi connectivity index (χ2n) is 11.4. The largest absolute Gasteiger partial charge is 0.493 e. The minimum Gasteiger partial charge on any atom is -0.493 e. The highest BCUT2D eigenvalue weighted by molar-refractivity contribution is 8.26. The molecule has 48 heavy (non-hydrogen) atoms. The number of aromatic carboxylic acids is 1. The lowest BCUT2D eigenvalue weighted by Gasteiger charge is -2.26. The molecule has 250 valence electrons. The molecule has 0 bridgehead atoms. The molecule has 6 rings (SSSR count). The molecule has 12 heteroatoms. The Morgan fingerprint density at radius 2 is 1.77 bits per heavy atom. The van der Waals surface area contributed by atoms with Crippen molar-refractivity contribution in [1.82, 2.24) is 9.80 Å². The molecular weight excluding hydrogens is 669 g/mol. The molecule has 1 N–H and O–H groups in total. The summed E-state index contributed by atoms with van der Waals surface area (Å²) in [5.41, 5.74) is 3.02. The van der Waals surface area contributed by atoms with E-state index in [-0.39, 0.29) is 11.5 Å². The second-order valence-corrected chi connectivity index (χ2v) is 14.3. The highest BCUT2D eigenvalue weighted by Crippen LogP contribution is 2.38. The number of aryl methyl sites for hydroxylation is 1. The maximum Gasteiger partial charge on any atom is 0.335 e. The van der Waals surface area contributed by atoms with Crippen molar-refractivity contribution in [2.75, 3.05) is 59.7 Å². The van der Waals surface area contributed by atoms with Crippen molar-refractivity contribution in [3.05, 3.63) is 81.6 Å². The van der Waals surface area contributed by atoms with Crippen LogP contribution in [0.5, 0.6) is 17.2 Å². The fourth-order valence-corrected chi connectivity index (χ4v) is 7.82. The van der Waals surface area contributed by atoms with Crippen LogP contribution in [0.4, 0.5) is 0 Å². The van der Waals surface area contributed by atoms with Crippen molar-refractivity contribution in [2.24, 2.45) is 0 Å². The number of morpholine rings is 1. The summed E-state index contributed by atoms with van der Waals surface area (Å²) in [6.07, 6.45) is 2.41. The van der Waals surface area contributed by atoms with Crippen LogP contribution in [0, 0.1) is 6.92 Å². The molecule has 0 radical (unpaired) electrons. The average Bonchev–Trinajstić information content (AvgIpc) is 3.59. The van der Waals surface area contributed by atoms with Gasteiger partial charge in [-0.2, -0.15) is 0 Å². The van der Waals surface area contributed by atoms with Crippen LogP contribution < -0.4 is 14.2 Å². The van der Waals surface area contributed by atoms with Gasteiger partial charge in [0.15, 0.2) is 11.5 Å². The zero-order valence-electron chi connectivity index (χ0n) is 26.7. The van der Waals surface area contributed by atoms with E-state index in [9.17, 15) is 14.7 Å². The number of fused-ring (bicyclic) bond motifs is 1. The van der Waals surface area contributed by atoms with Crippen LogP contribution in [0.25, 0.3) is 27.3 Å². The number of carbonyl (C=O) groups is 2. The standard InChI is InChI=1S/C36H36N2O7S3/c1-23-18-27-21-25(6-9-32(27)47-23)28-19-24(4-7-29(28)45-17-13-37-11-15-43-16-12-37)20-33-34(39)38(36(46)48-33)10-3-14-44-30-8-5-26(35(40)41)22-31(30)42-2/h4-9,18-22H,3,10-17H2,1-2H3,(H,40,41)/b33-20-. The van der Waals surface area contributed by atoms with Gasteiger partial charge in [-0.1, -0.05) is 36.1 Å². The number of carboxylic acid groups (broad SMARTS) is 1. The number of nitrogens with zero attached hydrogens (tertiary/aromatic N) is 2. The maximum absolute atomic E-state index is 13.4. The number of carbonyl (C=O) groups excluding carboxylic acids is 1. The lowest BCUT2D eigenvalue weighted by molar-refractivity contribution is -0.122. The van der Waals surface area contributed by atoms with Gasteiger partial charge in [0.2, 0.25) is 0 Å². The molecule has 3 aromatic carbocycles. The number of hydrogen-bond acceptors (Lipinski definition) is 10. The first-order chi connectivity index (χ1) is 23.3. The van der Waals surface area contributed by atoms with Gasteiger partial charge in [-0.25, -0.2) is 4.79 Å². The minimum absolute atomic E-state index is 0.111. The average molecular weight is 705 g/mol. The fraction of sp³-hybridized carbons (Fsp3) is 0.306. The molecule has 0 spiro atoms. The summed E-state index contributed by atoms with van der Waals surface area (Å²) in [5, 5.41) is 10.4. The summed E-state index contributed by atoms with van der Waals surface area (Å²) in [6.45, 7) is 7.51. The van der Waals surface area contributed by atoms with E-state index in [0.29, 0.717) is 46.9 Å². The van der Waals surface area contributed by atoms with Crippen molar-refractivity contribution in [3.63, 3.8) is 0 Å². The molecular formula is C36H36N2O7S3. The number of methoxy groups -OCH3 is 1. The number of benzene rings is 3. The lowest BCUT2D eigenvalue weighted by Crippen LogP contribution is -2.38.